The molecule has 0 unspecified atom stereocenters. The molecular weight excluding hydrogens is 390 g/mol. The van der Waals surface area contributed by atoms with E-state index in [1.807, 2.05) is 61.5 Å². The van der Waals surface area contributed by atoms with Gasteiger partial charge in [0.1, 0.15) is 0 Å². The second-order valence-corrected chi connectivity index (χ2v) is 8.07. The third kappa shape index (κ3) is 4.97. The van der Waals surface area contributed by atoms with E-state index < -0.39 is 0 Å². The summed E-state index contributed by atoms with van der Waals surface area (Å²) in [7, 11) is 0. The zero-order valence-corrected chi connectivity index (χ0v) is 17.7. The van der Waals surface area contributed by atoms with Crippen LogP contribution in [0.15, 0.2) is 69.3 Å². The highest BCUT2D eigenvalue weighted by Gasteiger charge is 2.17. The normalized spacial score (nSPS) is 11.8. The summed E-state index contributed by atoms with van der Waals surface area (Å²) < 4.78 is 1.61. The second-order valence-electron chi connectivity index (χ2n) is 6.46. The van der Waals surface area contributed by atoms with Crippen molar-refractivity contribution in [3.05, 3.63) is 81.2 Å². The summed E-state index contributed by atoms with van der Waals surface area (Å²) in [4.78, 5) is 18.9. The Morgan fingerprint density at radius 3 is 2.54 bits per heavy atom. The van der Waals surface area contributed by atoms with E-state index in [0.717, 1.165) is 45.6 Å². The van der Waals surface area contributed by atoms with E-state index in [1.165, 1.54) is 0 Å². The zero-order valence-electron chi connectivity index (χ0n) is 16.1. The van der Waals surface area contributed by atoms with E-state index >= 15 is 0 Å². The van der Waals surface area contributed by atoms with Gasteiger partial charge in [-0.2, -0.15) is 0 Å². The van der Waals surface area contributed by atoms with E-state index in [-0.39, 0.29) is 5.56 Å². The molecule has 0 saturated carbocycles. The van der Waals surface area contributed by atoms with Gasteiger partial charge in [-0.15, -0.1) is 11.8 Å². The van der Waals surface area contributed by atoms with E-state index in [0.29, 0.717) is 12.1 Å². The van der Waals surface area contributed by atoms with Crippen molar-refractivity contribution in [2.75, 3.05) is 12.3 Å². The van der Waals surface area contributed by atoms with Gasteiger partial charge in [-0.1, -0.05) is 43.1 Å². The van der Waals surface area contributed by atoms with Gasteiger partial charge in [0.25, 0.3) is 5.56 Å². The fraction of sp³-hybridized carbons (Fsp3) is 0.273. The number of nitrogens with zero attached hydrogens (tertiary/aromatic N) is 2. The maximum Gasteiger partial charge on any atom is 0.280 e. The molecule has 6 heteroatoms. The van der Waals surface area contributed by atoms with Crippen LogP contribution in [0.5, 0.6) is 0 Å². The Kier molecular flexibility index (Phi) is 7.18. The summed E-state index contributed by atoms with van der Waals surface area (Å²) in [5.41, 5.74) is 3.23. The van der Waals surface area contributed by atoms with E-state index in [2.05, 4.69) is 17.0 Å². The number of hydrogen-bond donors (Lipinski definition) is 1. The molecule has 0 fully saturated rings. The van der Waals surface area contributed by atoms with Crippen molar-refractivity contribution < 1.29 is 0 Å². The molecule has 1 N–H and O–H groups in total. The van der Waals surface area contributed by atoms with Gasteiger partial charge in [-0.05, 0) is 49.7 Å². The molecule has 0 atom stereocenters. The lowest BCUT2D eigenvalue weighted by Crippen LogP contribution is -2.20. The van der Waals surface area contributed by atoms with Crippen LogP contribution in [0.1, 0.15) is 31.5 Å². The van der Waals surface area contributed by atoms with E-state index in [1.54, 1.807) is 16.4 Å². The number of hydrogen-bond acceptors (Lipinski definition) is 3. The molecule has 2 aromatic carbocycles. The average molecular weight is 414 g/mol. The standard InChI is InChI=1S/C22H24ClN3OS/c1-3-7-20-21(22(27)26(25-20)18-8-5-4-6-9-18)16(2)24-14-15-28-19-12-10-17(23)11-13-19/h4-6,8-13,25H,3,7,14-15H2,1-2H3. The van der Waals surface area contributed by atoms with Gasteiger partial charge < -0.3 is 0 Å². The minimum absolute atomic E-state index is 0.0405. The number of thioether (sulfide) groups is 1. The molecule has 0 saturated heterocycles. The quantitative estimate of drug-likeness (QED) is 0.306. The number of aryl methyl sites for hydroxylation is 1. The Morgan fingerprint density at radius 2 is 1.86 bits per heavy atom. The monoisotopic (exact) mass is 413 g/mol. The van der Waals surface area contributed by atoms with Crippen LogP contribution in [0.25, 0.3) is 5.69 Å². The smallest absolute Gasteiger partial charge is 0.280 e. The Balaban J connectivity index is 1.77. The average Bonchev–Trinajstić information content (AvgIpc) is 3.03. The van der Waals surface area contributed by atoms with Crippen LogP contribution >= 0.6 is 23.4 Å². The first-order chi connectivity index (χ1) is 13.6. The maximum absolute atomic E-state index is 13.0. The maximum atomic E-state index is 13.0. The van der Waals surface area contributed by atoms with Gasteiger partial charge in [-0.3, -0.25) is 14.9 Å². The van der Waals surface area contributed by atoms with Crippen LogP contribution in [0, 0.1) is 0 Å². The number of H-pyrrole nitrogens is 1. The first kappa shape index (κ1) is 20.5. The summed E-state index contributed by atoms with van der Waals surface area (Å²) >= 11 is 7.65. The van der Waals surface area contributed by atoms with Crippen LogP contribution in [0.4, 0.5) is 0 Å². The summed E-state index contributed by atoms with van der Waals surface area (Å²) in [5, 5.41) is 4.02. The predicted octanol–water partition coefficient (Wildman–Crippen LogP) is 5.37. The Labute approximate surface area is 174 Å². The van der Waals surface area contributed by atoms with Crippen molar-refractivity contribution >= 4 is 29.1 Å². The van der Waals surface area contributed by atoms with Crippen molar-refractivity contribution in [1.29, 1.82) is 0 Å². The van der Waals surface area contributed by atoms with Crippen LogP contribution in [-0.4, -0.2) is 27.8 Å². The van der Waals surface area contributed by atoms with Crippen molar-refractivity contribution in [3.8, 4) is 5.69 Å². The summed E-state index contributed by atoms with van der Waals surface area (Å²) in [6.07, 6.45) is 1.78. The lowest BCUT2D eigenvalue weighted by Gasteiger charge is -2.02. The number of halogens is 1. The first-order valence-corrected chi connectivity index (χ1v) is 10.8. The molecule has 3 aromatic rings. The van der Waals surface area contributed by atoms with Crippen LogP contribution in [0.2, 0.25) is 5.02 Å². The first-order valence-electron chi connectivity index (χ1n) is 9.39. The molecular formula is C22H24ClN3OS. The number of aliphatic imine (C=N–C) groups is 1. The highest BCUT2D eigenvalue weighted by atomic mass is 35.5. The molecule has 146 valence electrons. The molecule has 0 aliphatic rings. The molecule has 0 radical (unpaired) electrons. The SMILES string of the molecule is CCCc1[nH]n(-c2ccccc2)c(=O)c1C(C)=NCCSc1ccc(Cl)cc1. The fourth-order valence-corrected chi connectivity index (χ4v) is 3.90. The molecule has 0 spiro atoms. The van der Waals surface area contributed by atoms with Gasteiger partial charge in [0.2, 0.25) is 0 Å². The van der Waals surface area contributed by atoms with E-state index in [9.17, 15) is 4.79 Å². The second kappa shape index (κ2) is 9.80. The minimum atomic E-state index is -0.0405. The summed E-state index contributed by atoms with van der Waals surface area (Å²) in [6, 6.07) is 17.4. The van der Waals surface area contributed by atoms with Gasteiger partial charge in [0.15, 0.2) is 0 Å². The fourth-order valence-electron chi connectivity index (χ4n) is 3.03. The van der Waals surface area contributed by atoms with Crippen LogP contribution < -0.4 is 5.56 Å². The van der Waals surface area contributed by atoms with Crippen LogP contribution in [0.3, 0.4) is 0 Å². The van der Waals surface area contributed by atoms with Crippen molar-refractivity contribution in [1.82, 2.24) is 9.78 Å². The lowest BCUT2D eigenvalue weighted by atomic mass is 10.1. The Morgan fingerprint density at radius 1 is 1.14 bits per heavy atom. The van der Waals surface area contributed by atoms with Crippen molar-refractivity contribution in [2.45, 2.75) is 31.6 Å². The topological polar surface area (TPSA) is 50.1 Å². The number of nitrogens with one attached hydrogen (secondary N) is 1. The number of benzene rings is 2. The lowest BCUT2D eigenvalue weighted by molar-refractivity contribution is 0.793. The number of aromatic nitrogens is 2. The molecule has 1 aromatic heterocycles. The third-order valence-electron chi connectivity index (χ3n) is 4.36. The third-order valence-corrected chi connectivity index (χ3v) is 5.61. The van der Waals surface area contributed by atoms with Crippen molar-refractivity contribution in [3.63, 3.8) is 0 Å². The Bertz CT molecular complexity index is 991. The highest BCUT2D eigenvalue weighted by Crippen LogP contribution is 2.20. The zero-order chi connectivity index (χ0) is 19.9. The largest absolute Gasteiger partial charge is 0.294 e. The predicted molar refractivity (Wildman–Crippen MR) is 120 cm³/mol. The van der Waals surface area contributed by atoms with Crippen molar-refractivity contribution in [2.24, 2.45) is 4.99 Å². The molecule has 4 nitrogen and oxygen atoms in total. The molecule has 3 rings (SSSR count). The molecule has 1 heterocycles. The van der Waals surface area contributed by atoms with Gasteiger partial charge in [0, 0.05) is 33.6 Å². The van der Waals surface area contributed by atoms with Gasteiger partial charge in [0.05, 0.1) is 11.3 Å². The molecule has 28 heavy (non-hydrogen) atoms. The Hall–Kier alpha value is -2.24. The number of aromatic amines is 1. The molecule has 0 aliphatic carbocycles. The molecule has 0 aliphatic heterocycles. The van der Waals surface area contributed by atoms with Gasteiger partial charge >= 0.3 is 0 Å². The van der Waals surface area contributed by atoms with E-state index in [4.69, 9.17) is 11.6 Å². The summed E-state index contributed by atoms with van der Waals surface area (Å²) in [6.45, 7) is 4.68. The molecule has 0 bridgehead atoms. The minimum Gasteiger partial charge on any atom is -0.294 e. The van der Waals surface area contributed by atoms with Gasteiger partial charge in [-0.25, -0.2) is 4.68 Å². The number of para-hydroxylation sites is 1. The molecule has 0 amide bonds. The number of rotatable bonds is 8. The highest BCUT2D eigenvalue weighted by molar-refractivity contribution is 7.99. The van der Waals surface area contributed by atoms with Crippen LogP contribution in [-0.2, 0) is 6.42 Å². The summed E-state index contributed by atoms with van der Waals surface area (Å²) in [5.74, 6) is 0.847.